The lowest BCUT2D eigenvalue weighted by atomic mass is 10.2. The number of halogens is 3. The van der Waals surface area contributed by atoms with Crippen molar-refractivity contribution in [3.8, 4) is 0 Å². The molecular weight excluding hydrogens is 245 g/mol. The summed E-state index contributed by atoms with van der Waals surface area (Å²) in [7, 11) is 0. The van der Waals surface area contributed by atoms with E-state index in [-0.39, 0.29) is 18.7 Å². The predicted octanol–water partition coefficient (Wildman–Crippen LogP) is 1.76. The second kappa shape index (κ2) is 7.31. The summed E-state index contributed by atoms with van der Waals surface area (Å²) in [5, 5.41) is 12.2. The highest BCUT2D eigenvalue weighted by Gasteiger charge is 2.38. The van der Waals surface area contributed by atoms with E-state index in [1.165, 1.54) is 4.90 Å². The number of nitrogens with zero attached hydrogens (tertiary/aromatic N) is 1. The summed E-state index contributed by atoms with van der Waals surface area (Å²) < 4.78 is 37.4. The number of nitrogens with one attached hydrogen (secondary N) is 1. The van der Waals surface area contributed by atoms with Gasteiger partial charge in [-0.25, -0.2) is 0 Å². The maximum Gasteiger partial charge on any atom is 0.401 e. The molecule has 1 aliphatic rings. The SMILES string of the molecule is CCCNC(CCO)CN(CC(F)(F)F)C1CC1. The van der Waals surface area contributed by atoms with Crippen LogP contribution in [0.5, 0.6) is 0 Å². The van der Waals surface area contributed by atoms with Gasteiger partial charge in [-0.15, -0.1) is 0 Å². The summed E-state index contributed by atoms with van der Waals surface area (Å²) in [5.74, 6) is 0. The fourth-order valence-electron chi connectivity index (χ4n) is 2.06. The van der Waals surface area contributed by atoms with Crippen molar-refractivity contribution in [2.75, 3.05) is 26.2 Å². The molecule has 1 saturated carbocycles. The Labute approximate surface area is 106 Å². The van der Waals surface area contributed by atoms with E-state index in [0.29, 0.717) is 13.0 Å². The fourth-order valence-corrected chi connectivity index (χ4v) is 2.06. The molecule has 1 fully saturated rings. The van der Waals surface area contributed by atoms with Crippen LogP contribution in [0.3, 0.4) is 0 Å². The minimum Gasteiger partial charge on any atom is -0.396 e. The standard InChI is InChI=1S/C12H23F3N2O/c1-2-6-16-10(5-7-18)8-17(11-3-4-11)9-12(13,14)15/h10-11,16,18H,2-9H2,1H3. The second-order valence-corrected chi connectivity index (χ2v) is 4.94. The van der Waals surface area contributed by atoms with Crippen molar-refractivity contribution in [3.05, 3.63) is 0 Å². The largest absolute Gasteiger partial charge is 0.401 e. The van der Waals surface area contributed by atoms with E-state index in [9.17, 15) is 13.2 Å². The van der Waals surface area contributed by atoms with E-state index < -0.39 is 12.7 Å². The molecule has 0 radical (unpaired) electrons. The van der Waals surface area contributed by atoms with Gasteiger partial charge in [0.2, 0.25) is 0 Å². The van der Waals surface area contributed by atoms with Crippen LogP contribution in [0, 0.1) is 0 Å². The number of hydrogen-bond donors (Lipinski definition) is 2. The van der Waals surface area contributed by atoms with Crippen LogP contribution in [0.25, 0.3) is 0 Å². The Hall–Kier alpha value is -0.330. The van der Waals surface area contributed by atoms with Crippen LogP contribution in [0.15, 0.2) is 0 Å². The number of rotatable bonds is 9. The number of alkyl halides is 3. The average molecular weight is 268 g/mol. The fraction of sp³-hybridized carbons (Fsp3) is 1.00. The topological polar surface area (TPSA) is 35.5 Å². The molecule has 0 spiro atoms. The summed E-state index contributed by atoms with van der Waals surface area (Å²) >= 11 is 0. The van der Waals surface area contributed by atoms with Crippen LogP contribution in [-0.2, 0) is 0 Å². The number of hydrogen-bond acceptors (Lipinski definition) is 3. The Kier molecular flexibility index (Phi) is 6.38. The van der Waals surface area contributed by atoms with E-state index in [1.807, 2.05) is 6.92 Å². The third kappa shape index (κ3) is 6.56. The van der Waals surface area contributed by atoms with Gasteiger partial charge in [0.1, 0.15) is 0 Å². The van der Waals surface area contributed by atoms with Crippen molar-refractivity contribution < 1.29 is 18.3 Å². The molecule has 3 nitrogen and oxygen atoms in total. The van der Waals surface area contributed by atoms with Crippen molar-refractivity contribution in [2.24, 2.45) is 0 Å². The molecule has 108 valence electrons. The lowest BCUT2D eigenvalue weighted by Crippen LogP contribution is -2.46. The zero-order valence-corrected chi connectivity index (χ0v) is 10.8. The van der Waals surface area contributed by atoms with E-state index in [4.69, 9.17) is 5.11 Å². The van der Waals surface area contributed by atoms with Crippen LogP contribution in [0.2, 0.25) is 0 Å². The maximum absolute atomic E-state index is 12.5. The van der Waals surface area contributed by atoms with Gasteiger partial charge in [0.05, 0.1) is 6.54 Å². The Morgan fingerprint density at radius 3 is 2.50 bits per heavy atom. The van der Waals surface area contributed by atoms with Gasteiger partial charge in [-0.2, -0.15) is 13.2 Å². The highest BCUT2D eigenvalue weighted by molar-refractivity contribution is 4.88. The summed E-state index contributed by atoms with van der Waals surface area (Å²) in [6.07, 6.45) is -0.992. The molecule has 1 aliphatic carbocycles. The Morgan fingerprint density at radius 2 is 2.06 bits per heavy atom. The first kappa shape index (κ1) is 15.7. The van der Waals surface area contributed by atoms with Gasteiger partial charge in [-0.1, -0.05) is 6.92 Å². The number of aliphatic hydroxyl groups is 1. The third-order valence-electron chi connectivity index (χ3n) is 3.06. The van der Waals surface area contributed by atoms with Crippen LogP contribution in [0.4, 0.5) is 13.2 Å². The third-order valence-corrected chi connectivity index (χ3v) is 3.06. The first-order valence-electron chi connectivity index (χ1n) is 6.61. The van der Waals surface area contributed by atoms with E-state index in [0.717, 1.165) is 25.8 Å². The summed E-state index contributed by atoms with van der Waals surface area (Å²) in [4.78, 5) is 1.50. The first-order valence-corrected chi connectivity index (χ1v) is 6.61. The molecule has 0 saturated heterocycles. The highest BCUT2D eigenvalue weighted by Crippen LogP contribution is 2.30. The highest BCUT2D eigenvalue weighted by atomic mass is 19.4. The molecule has 0 heterocycles. The van der Waals surface area contributed by atoms with Crippen LogP contribution >= 0.6 is 0 Å². The van der Waals surface area contributed by atoms with Gasteiger partial charge < -0.3 is 10.4 Å². The lowest BCUT2D eigenvalue weighted by Gasteiger charge is -2.28. The Balaban J connectivity index is 2.45. The maximum atomic E-state index is 12.5. The quantitative estimate of drug-likeness (QED) is 0.669. The van der Waals surface area contributed by atoms with Crippen LogP contribution < -0.4 is 5.32 Å². The van der Waals surface area contributed by atoms with E-state index in [1.54, 1.807) is 0 Å². The minimum atomic E-state index is -4.14. The van der Waals surface area contributed by atoms with Gasteiger partial charge >= 0.3 is 6.18 Å². The van der Waals surface area contributed by atoms with Crippen molar-refractivity contribution in [2.45, 2.75) is 50.9 Å². The van der Waals surface area contributed by atoms with Crippen molar-refractivity contribution >= 4 is 0 Å². The van der Waals surface area contributed by atoms with E-state index >= 15 is 0 Å². The van der Waals surface area contributed by atoms with Crippen molar-refractivity contribution in [1.82, 2.24) is 10.2 Å². The summed E-state index contributed by atoms with van der Waals surface area (Å²) in [6.45, 7) is 2.32. The van der Waals surface area contributed by atoms with Crippen LogP contribution in [0.1, 0.15) is 32.6 Å². The smallest absolute Gasteiger partial charge is 0.396 e. The van der Waals surface area contributed by atoms with Gasteiger partial charge in [0.15, 0.2) is 0 Å². The zero-order chi connectivity index (χ0) is 13.6. The normalized spacial score (nSPS) is 18.3. The molecule has 0 aromatic heterocycles. The zero-order valence-electron chi connectivity index (χ0n) is 10.8. The van der Waals surface area contributed by atoms with Gasteiger partial charge in [-0.3, -0.25) is 4.90 Å². The predicted molar refractivity (Wildman–Crippen MR) is 64.4 cm³/mol. The summed E-state index contributed by atoms with van der Waals surface area (Å²) in [5.41, 5.74) is 0. The number of aliphatic hydroxyl groups excluding tert-OH is 1. The Morgan fingerprint density at radius 1 is 1.39 bits per heavy atom. The molecule has 0 bridgehead atoms. The lowest BCUT2D eigenvalue weighted by molar-refractivity contribution is -0.148. The molecule has 1 rings (SSSR count). The second-order valence-electron chi connectivity index (χ2n) is 4.94. The molecule has 18 heavy (non-hydrogen) atoms. The van der Waals surface area contributed by atoms with Gasteiger partial charge in [0, 0.05) is 25.2 Å². The van der Waals surface area contributed by atoms with Gasteiger partial charge in [0.25, 0.3) is 0 Å². The molecule has 0 aliphatic heterocycles. The molecule has 2 N–H and O–H groups in total. The molecule has 0 aromatic carbocycles. The molecule has 0 amide bonds. The molecular formula is C12H23F3N2O. The molecule has 1 atom stereocenters. The van der Waals surface area contributed by atoms with E-state index in [2.05, 4.69) is 5.32 Å². The van der Waals surface area contributed by atoms with Crippen LogP contribution in [-0.4, -0.2) is 54.5 Å². The monoisotopic (exact) mass is 268 g/mol. The van der Waals surface area contributed by atoms with Gasteiger partial charge in [-0.05, 0) is 32.2 Å². The summed E-state index contributed by atoms with van der Waals surface area (Å²) in [6, 6.07) is 0.0224. The van der Waals surface area contributed by atoms with Crippen molar-refractivity contribution in [3.63, 3.8) is 0 Å². The molecule has 0 aromatic rings. The Bertz CT molecular complexity index is 232. The first-order chi connectivity index (χ1) is 8.46. The average Bonchev–Trinajstić information content (AvgIpc) is 3.07. The molecule has 1 unspecified atom stereocenters. The molecule has 6 heteroatoms. The minimum absolute atomic E-state index is 0.00586. The van der Waals surface area contributed by atoms with Crippen molar-refractivity contribution in [1.29, 1.82) is 0 Å².